The first-order valence-corrected chi connectivity index (χ1v) is 6.22. The number of hydrogen-bond acceptors (Lipinski definition) is 5. The van der Waals surface area contributed by atoms with E-state index >= 15 is 0 Å². The third-order valence-electron chi connectivity index (χ3n) is 2.71. The predicted molar refractivity (Wildman–Crippen MR) is 73.7 cm³/mol. The zero-order valence-corrected chi connectivity index (χ0v) is 11.0. The normalized spacial score (nSPS) is 10.3. The van der Waals surface area contributed by atoms with Gasteiger partial charge in [-0.05, 0) is 24.6 Å². The summed E-state index contributed by atoms with van der Waals surface area (Å²) in [6.45, 7) is 2.34. The fraction of sp³-hybridized carbons (Fsp3) is 0.231. The van der Waals surface area contributed by atoms with Crippen LogP contribution in [0.25, 0.3) is 11.4 Å². The summed E-state index contributed by atoms with van der Waals surface area (Å²) in [5.74, 6) is 4.46. The number of aromatic nitrogens is 3. The molecule has 104 valence electrons. The van der Waals surface area contributed by atoms with Crippen molar-refractivity contribution in [3.8, 4) is 11.4 Å². The van der Waals surface area contributed by atoms with Crippen LogP contribution in [0.5, 0.6) is 0 Å². The number of nitrogen functional groups attached to an aromatic ring is 1. The fourth-order valence-electron chi connectivity index (χ4n) is 1.79. The van der Waals surface area contributed by atoms with Crippen molar-refractivity contribution in [3.63, 3.8) is 0 Å². The van der Waals surface area contributed by atoms with Crippen molar-refractivity contribution in [2.24, 2.45) is 5.84 Å². The second kappa shape index (κ2) is 6.07. The average Bonchev–Trinajstić information content (AvgIpc) is 2.49. The summed E-state index contributed by atoms with van der Waals surface area (Å²) in [4.78, 5) is 27.9. The summed E-state index contributed by atoms with van der Waals surface area (Å²) in [5.41, 5.74) is 2.50. The van der Waals surface area contributed by atoms with Gasteiger partial charge in [-0.1, -0.05) is 13.0 Å². The van der Waals surface area contributed by atoms with Crippen LogP contribution in [0.2, 0.25) is 0 Å². The summed E-state index contributed by atoms with van der Waals surface area (Å²) < 4.78 is 1.26. The molecule has 0 unspecified atom stereocenters. The Labute approximate surface area is 115 Å². The van der Waals surface area contributed by atoms with E-state index in [1.54, 1.807) is 18.3 Å². The van der Waals surface area contributed by atoms with Crippen molar-refractivity contribution < 1.29 is 4.79 Å². The van der Waals surface area contributed by atoms with Gasteiger partial charge in [-0.25, -0.2) is 10.5 Å². The maximum atomic E-state index is 12.1. The van der Waals surface area contributed by atoms with E-state index in [1.807, 2.05) is 18.4 Å². The molecule has 0 bridgehead atoms. The van der Waals surface area contributed by atoms with E-state index in [0.29, 0.717) is 17.9 Å². The number of pyridine rings is 1. The third-order valence-corrected chi connectivity index (χ3v) is 2.71. The fourth-order valence-corrected chi connectivity index (χ4v) is 1.79. The first kappa shape index (κ1) is 13.9. The first-order valence-electron chi connectivity index (χ1n) is 6.22. The van der Waals surface area contributed by atoms with Crippen molar-refractivity contribution in [2.45, 2.75) is 19.9 Å². The monoisotopic (exact) mass is 273 g/mol. The Hall–Kier alpha value is -2.54. The number of carbonyl (C=O) groups excluding carboxylic acids is 1. The highest BCUT2D eigenvalue weighted by Crippen LogP contribution is 2.13. The molecule has 7 heteroatoms. The number of nitrogens with one attached hydrogen (secondary N) is 1. The smallest absolute Gasteiger partial charge is 0.279 e. The molecule has 2 aromatic rings. The van der Waals surface area contributed by atoms with E-state index in [4.69, 9.17) is 5.84 Å². The standard InChI is InChI=1S/C13H15N5O2/c1-2-7-18-13(20)9(12(19)16-14)8-11(17-18)10-5-3-4-6-15-10/h3-6,8H,2,7,14H2,1H3,(H,16,19). The second-order valence-electron chi connectivity index (χ2n) is 4.16. The minimum Gasteiger partial charge on any atom is -0.290 e. The summed E-state index contributed by atoms with van der Waals surface area (Å²) in [6, 6.07) is 6.74. The lowest BCUT2D eigenvalue weighted by Gasteiger charge is -2.08. The summed E-state index contributed by atoms with van der Waals surface area (Å²) in [5, 5.41) is 4.23. The first-order chi connectivity index (χ1) is 9.67. The Morgan fingerprint density at radius 2 is 2.20 bits per heavy atom. The topological polar surface area (TPSA) is 103 Å². The SMILES string of the molecule is CCCn1nc(-c2ccccn2)cc(C(=O)NN)c1=O. The summed E-state index contributed by atoms with van der Waals surface area (Å²) in [6.07, 6.45) is 2.34. The lowest BCUT2D eigenvalue weighted by Crippen LogP contribution is -2.37. The van der Waals surface area contributed by atoms with Gasteiger partial charge < -0.3 is 0 Å². The Kier molecular flexibility index (Phi) is 4.21. The Morgan fingerprint density at radius 3 is 2.80 bits per heavy atom. The molecule has 0 saturated carbocycles. The van der Waals surface area contributed by atoms with Gasteiger partial charge in [-0.3, -0.25) is 20.0 Å². The predicted octanol–water partition coefficient (Wildman–Crippen LogP) is 0.319. The van der Waals surface area contributed by atoms with E-state index in [2.05, 4.69) is 10.1 Å². The van der Waals surface area contributed by atoms with Crippen molar-refractivity contribution >= 4 is 5.91 Å². The van der Waals surface area contributed by atoms with Crippen LogP contribution in [0.4, 0.5) is 0 Å². The number of hydrogen-bond donors (Lipinski definition) is 2. The molecule has 1 amide bonds. The maximum absolute atomic E-state index is 12.1. The molecular weight excluding hydrogens is 258 g/mol. The molecular formula is C13H15N5O2. The number of amides is 1. The highest BCUT2D eigenvalue weighted by Gasteiger charge is 2.15. The van der Waals surface area contributed by atoms with Gasteiger partial charge in [0.1, 0.15) is 11.3 Å². The van der Waals surface area contributed by atoms with Gasteiger partial charge in [0.2, 0.25) is 0 Å². The van der Waals surface area contributed by atoms with Gasteiger partial charge in [0.25, 0.3) is 11.5 Å². The van der Waals surface area contributed by atoms with Crippen LogP contribution in [0, 0.1) is 0 Å². The largest absolute Gasteiger partial charge is 0.290 e. The molecule has 2 heterocycles. The number of rotatable bonds is 4. The molecule has 0 aromatic carbocycles. The Bertz CT molecular complexity index is 666. The van der Waals surface area contributed by atoms with Crippen LogP contribution in [-0.4, -0.2) is 20.7 Å². The maximum Gasteiger partial charge on any atom is 0.279 e. The second-order valence-corrected chi connectivity index (χ2v) is 4.16. The number of aryl methyl sites for hydroxylation is 1. The molecule has 20 heavy (non-hydrogen) atoms. The molecule has 3 N–H and O–H groups in total. The number of carbonyl (C=O) groups is 1. The number of hydrazine groups is 1. The van der Waals surface area contributed by atoms with Gasteiger partial charge in [0, 0.05) is 12.7 Å². The molecule has 0 atom stereocenters. The van der Waals surface area contributed by atoms with Crippen LogP contribution in [0.1, 0.15) is 23.7 Å². The van der Waals surface area contributed by atoms with Crippen LogP contribution in [0.15, 0.2) is 35.3 Å². The number of nitrogens with two attached hydrogens (primary N) is 1. The van der Waals surface area contributed by atoms with Crippen LogP contribution in [0.3, 0.4) is 0 Å². The molecule has 0 aliphatic rings. The zero-order chi connectivity index (χ0) is 14.5. The summed E-state index contributed by atoms with van der Waals surface area (Å²) >= 11 is 0. The lowest BCUT2D eigenvalue weighted by molar-refractivity contribution is 0.0951. The molecule has 0 radical (unpaired) electrons. The average molecular weight is 273 g/mol. The van der Waals surface area contributed by atoms with Gasteiger partial charge in [-0.15, -0.1) is 0 Å². The Balaban J connectivity index is 2.62. The quantitative estimate of drug-likeness (QED) is 0.474. The Morgan fingerprint density at radius 1 is 1.40 bits per heavy atom. The molecule has 2 aromatic heterocycles. The van der Waals surface area contributed by atoms with Gasteiger partial charge in [-0.2, -0.15) is 5.10 Å². The molecule has 2 rings (SSSR count). The van der Waals surface area contributed by atoms with Crippen molar-refractivity contribution in [1.29, 1.82) is 0 Å². The molecule has 0 aliphatic carbocycles. The van der Waals surface area contributed by atoms with Gasteiger partial charge >= 0.3 is 0 Å². The minimum absolute atomic E-state index is 0.0448. The highest BCUT2D eigenvalue weighted by molar-refractivity contribution is 5.94. The minimum atomic E-state index is -0.639. The molecule has 0 fully saturated rings. The number of nitrogens with zero attached hydrogens (tertiary/aromatic N) is 3. The van der Waals surface area contributed by atoms with E-state index in [9.17, 15) is 9.59 Å². The van der Waals surface area contributed by atoms with E-state index in [0.717, 1.165) is 6.42 Å². The van der Waals surface area contributed by atoms with E-state index < -0.39 is 11.5 Å². The van der Waals surface area contributed by atoms with Crippen molar-refractivity contribution in [3.05, 3.63) is 46.4 Å². The molecule has 0 aliphatic heterocycles. The third kappa shape index (κ3) is 2.72. The van der Waals surface area contributed by atoms with Crippen LogP contribution < -0.4 is 16.8 Å². The molecule has 7 nitrogen and oxygen atoms in total. The molecule has 0 spiro atoms. The lowest BCUT2D eigenvalue weighted by atomic mass is 10.2. The van der Waals surface area contributed by atoms with E-state index in [-0.39, 0.29) is 5.56 Å². The zero-order valence-electron chi connectivity index (χ0n) is 11.0. The van der Waals surface area contributed by atoms with Crippen molar-refractivity contribution in [2.75, 3.05) is 0 Å². The van der Waals surface area contributed by atoms with Gasteiger partial charge in [0.15, 0.2) is 0 Å². The van der Waals surface area contributed by atoms with Gasteiger partial charge in [0.05, 0.1) is 5.69 Å². The van der Waals surface area contributed by atoms with Crippen LogP contribution in [-0.2, 0) is 6.54 Å². The van der Waals surface area contributed by atoms with Crippen molar-refractivity contribution in [1.82, 2.24) is 20.2 Å². The van der Waals surface area contributed by atoms with E-state index in [1.165, 1.54) is 10.7 Å². The molecule has 0 saturated heterocycles. The highest BCUT2D eigenvalue weighted by atomic mass is 16.2. The summed E-state index contributed by atoms with van der Waals surface area (Å²) in [7, 11) is 0. The van der Waals surface area contributed by atoms with Crippen LogP contribution >= 0.6 is 0 Å².